The van der Waals surface area contributed by atoms with Crippen LogP contribution in [0.2, 0.25) is 0 Å². The van der Waals surface area contributed by atoms with Crippen molar-refractivity contribution >= 4 is 0 Å². The summed E-state index contributed by atoms with van der Waals surface area (Å²) in [7, 11) is 0. The summed E-state index contributed by atoms with van der Waals surface area (Å²) >= 11 is 0. The quantitative estimate of drug-likeness (QED) is 0.678. The van der Waals surface area contributed by atoms with Gasteiger partial charge in [-0.2, -0.15) is 0 Å². The zero-order valence-corrected chi connectivity index (χ0v) is 8.97. The molecule has 3 nitrogen and oxygen atoms in total. The summed E-state index contributed by atoms with van der Waals surface area (Å²) in [6, 6.07) is 0. The minimum atomic E-state index is 1.13. The van der Waals surface area contributed by atoms with Crippen molar-refractivity contribution in [2.75, 3.05) is 19.6 Å². The van der Waals surface area contributed by atoms with Crippen molar-refractivity contribution in [2.24, 2.45) is 0 Å². The van der Waals surface area contributed by atoms with E-state index in [0.717, 1.165) is 19.6 Å². The largest absolute Gasteiger partial charge is 0.334 e. The molecule has 0 N–H and O–H groups in total. The van der Waals surface area contributed by atoms with Gasteiger partial charge in [0.15, 0.2) is 0 Å². The lowest BCUT2D eigenvalue weighted by Gasteiger charge is -2.35. The highest BCUT2D eigenvalue weighted by Crippen LogP contribution is 2.25. The zero-order chi connectivity index (χ0) is 10.1. The first-order chi connectivity index (χ1) is 7.45. The maximum atomic E-state index is 2.40. The first-order valence-electron chi connectivity index (χ1n) is 5.79. The molecule has 0 unspecified atom stereocenters. The summed E-state index contributed by atoms with van der Waals surface area (Å²) in [6.45, 7) is 3.40. The van der Waals surface area contributed by atoms with E-state index in [0.29, 0.717) is 0 Å². The van der Waals surface area contributed by atoms with E-state index in [4.69, 9.17) is 0 Å². The summed E-state index contributed by atoms with van der Waals surface area (Å²) in [4.78, 5) is 2.36. The standard InChI is InChI=1S/C12H17N3/c1-2-8-13(7-1)12-6-5-11-15(12)14-9-3-4-10-14/h1,3,6-7,9H,2,4-5,8,10-11H2. The number of rotatable bonds is 2. The molecular formula is C12H17N3. The Hall–Kier alpha value is -1.38. The Balaban J connectivity index is 1.75. The molecule has 0 fully saturated rings. The molecule has 3 aliphatic rings. The molecule has 0 aliphatic carbocycles. The van der Waals surface area contributed by atoms with E-state index in [1.807, 2.05) is 0 Å². The Kier molecular flexibility index (Phi) is 2.16. The maximum absolute atomic E-state index is 2.40. The molecule has 0 saturated carbocycles. The van der Waals surface area contributed by atoms with Crippen molar-refractivity contribution in [3.8, 4) is 0 Å². The molecule has 3 heterocycles. The van der Waals surface area contributed by atoms with Crippen LogP contribution in [0.1, 0.15) is 19.3 Å². The average molecular weight is 203 g/mol. The third-order valence-electron chi connectivity index (χ3n) is 3.16. The van der Waals surface area contributed by atoms with Crippen LogP contribution >= 0.6 is 0 Å². The summed E-state index contributed by atoms with van der Waals surface area (Å²) < 4.78 is 0. The van der Waals surface area contributed by atoms with Crippen molar-refractivity contribution < 1.29 is 0 Å². The number of hydrazine groups is 1. The van der Waals surface area contributed by atoms with Crippen molar-refractivity contribution in [1.29, 1.82) is 0 Å². The molecule has 0 saturated heterocycles. The van der Waals surface area contributed by atoms with Crippen LogP contribution in [0.5, 0.6) is 0 Å². The first kappa shape index (κ1) is 8.89. The monoisotopic (exact) mass is 203 g/mol. The van der Waals surface area contributed by atoms with Gasteiger partial charge in [0.1, 0.15) is 5.82 Å². The Morgan fingerprint density at radius 2 is 1.73 bits per heavy atom. The molecular weight excluding hydrogens is 186 g/mol. The maximum Gasteiger partial charge on any atom is 0.123 e. The molecule has 0 aromatic carbocycles. The van der Waals surface area contributed by atoms with Crippen LogP contribution in [0.4, 0.5) is 0 Å². The van der Waals surface area contributed by atoms with E-state index in [1.165, 1.54) is 25.1 Å². The minimum Gasteiger partial charge on any atom is -0.334 e. The highest BCUT2D eigenvalue weighted by molar-refractivity contribution is 5.13. The lowest BCUT2D eigenvalue weighted by molar-refractivity contribution is 0.0561. The first-order valence-corrected chi connectivity index (χ1v) is 5.79. The van der Waals surface area contributed by atoms with Gasteiger partial charge in [0, 0.05) is 32.0 Å². The molecule has 0 spiro atoms. The second kappa shape index (κ2) is 3.65. The van der Waals surface area contributed by atoms with Gasteiger partial charge in [-0.15, -0.1) is 0 Å². The smallest absolute Gasteiger partial charge is 0.123 e. The van der Waals surface area contributed by atoms with Crippen LogP contribution in [0.3, 0.4) is 0 Å². The molecule has 3 rings (SSSR count). The summed E-state index contributed by atoms with van der Waals surface area (Å²) in [5.74, 6) is 1.37. The van der Waals surface area contributed by atoms with Gasteiger partial charge >= 0.3 is 0 Å². The van der Waals surface area contributed by atoms with Crippen LogP contribution < -0.4 is 0 Å². The lowest BCUT2D eigenvalue weighted by Crippen LogP contribution is -2.39. The number of nitrogens with zero attached hydrogens (tertiary/aromatic N) is 3. The molecule has 3 heteroatoms. The van der Waals surface area contributed by atoms with Gasteiger partial charge in [-0.3, -0.25) is 10.0 Å². The molecule has 0 amide bonds. The van der Waals surface area contributed by atoms with Gasteiger partial charge in [0.2, 0.25) is 0 Å². The number of hydrogen-bond acceptors (Lipinski definition) is 3. The predicted molar refractivity (Wildman–Crippen MR) is 60.3 cm³/mol. The van der Waals surface area contributed by atoms with E-state index in [9.17, 15) is 0 Å². The molecule has 0 radical (unpaired) electrons. The molecule has 80 valence electrons. The van der Waals surface area contributed by atoms with E-state index in [1.54, 1.807) is 0 Å². The van der Waals surface area contributed by atoms with Crippen LogP contribution in [0.15, 0.2) is 36.4 Å². The fourth-order valence-electron chi connectivity index (χ4n) is 2.42. The minimum absolute atomic E-state index is 1.13. The normalized spacial score (nSPS) is 24.5. The Bertz CT molecular complexity index is 330. The summed E-state index contributed by atoms with van der Waals surface area (Å²) in [5.41, 5.74) is 0. The van der Waals surface area contributed by atoms with Gasteiger partial charge in [0.25, 0.3) is 0 Å². The van der Waals surface area contributed by atoms with Gasteiger partial charge in [-0.05, 0) is 25.3 Å². The third kappa shape index (κ3) is 1.52. The lowest BCUT2D eigenvalue weighted by atomic mass is 10.4. The molecule has 0 aromatic rings. The summed E-state index contributed by atoms with van der Waals surface area (Å²) in [5, 5.41) is 4.74. The highest BCUT2D eigenvalue weighted by Gasteiger charge is 2.25. The molecule has 0 aromatic heterocycles. The van der Waals surface area contributed by atoms with Crippen molar-refractivity contribution in [3.63, 3.8) is 0 Å². The van der Waals surface area contributed by atoms with E-state index >= 15 is 0 Å². The van der Waals surface area contributed by atoms with E-state index < -0.39 is 0 Å². The number of hydrogen-bond donors (Lipinski definition) is 0. The van der Waals surface area contributed by atoms with Crippen molar-refractivity contribution in [1.82, 2.24) is 14.9 Å². The second-order valence-corrected chi connectivity index (χ2v) is 4.18. The van der Waals surface area contributed by atoms with E-state index in [2.05, 4.69) is 45.5 Å². The van der Waals surface area contributed by atoms with Gasteiger partial charge in [-0.1, -0.05) is 12.2 Å². The van der Waals surface area contributed by atoms with Crippen LogP contribution in [-0.2, 0) is 0 Å². The van der Waals surface area contributed by atoms with Crippen LogP contribution in [-0.4, -0.2) is 34.6 Å². The van der Waals surface area contributed by atoms with Crippen LogP contribution in [0, 0.1) is 0 Å². The van der Waals surface area contributed by atoms with Gasteiger partial charge in [0.05, 0.1) is 0 Å². The third-order valence-corrected chi connectivity index (χ3v) is 3.16. The Morgan fingerprint density at radius 1 is 0.867 bits per heavy atom. The van der Waals surface area contributed by atoms with Gasteiger partial charge < -0.3 is 4.90 Å². The topological polar surface area (TPSA) is 9.72 Å². The predicted octanol–water partition coefficient (Wildman–Crippen LogP) is 1.89. The highest BCUT2D eigenvalue weighted by atomic mass is 15.7. The molecule has 0 bridgehead atoms. The van der Waals surface area contributed by atoms with Crippen LogP contribution in [0.25, 0.3) is 0 Å². The summed E-state index contributed by atoms with van der Waals surface area (Å²) in [6.07, 6.45) is 14.8. The SMILES string of the molecule is C1=CN(C2=CCCN2N2C=CCC2)CC1. The second-order valence-electron chi connectivity index (χ2n) is 4.18. The average Bonchev–Trinajstić information content (AvgIpc) is 3.01. The van der Waals surface area contributed by atoms with Gasteiger partial charge in [-0.25, -0.2) is 0 Å². The molecule has 0 atom stereocenters. The molecule has 3 aliphatic heterocycles. The van der Waals surface area contributed by atoms with E-state index in [-0.39, 0.29) is 0 Å². The Labute approximate surface area is 90.9 Å². The van der Waals surface area contributed by atoms with Crippen molar-refractivity contribution in [2.45, 2.75) is 19.3 Å². The fourth-order valence-corrected chi connectivity index (χ4v) is 2.42. The fraction of sp³-hybridized carbons (Fsp3) is 0.500. The Morgan fingerprint density at radius 3 is 2.47 bits per heavy atom. The molecule has 15 heavy (non-hydrogen) atoms. The zero-order valence-electron chi connectivity index (χ0n) is 8.97. The van der Waals surface area contributed by atoms with Crippen molar-refractivity contribution in [3.05, 3.63) is 36.4 Å².